The smallest absolute Gasteiger partial charge is 0.315 e. The van der Waals surface area contributed by atoms with E-state index in [2.05, 4.69) is 34.6 Å². The molecule has 2 N–H and O–H groups in total. The molecule has 0 saturated carbocycles. The molecule has 0 radical (unpaired) electrons. The number of aryl methyl sites for hydroxylation is 2. The summed E-state index contributed by atoms with van der Waals surface area (Å²) in [5.41, 5.74) is 2.83. The van der Waals surface area contributed by atoms with E-state index in [1.54, 1.807) is 11.3 Å². The first-order valence-electron chi connectivity index (χ1n) is 7.77. The molecule has 2 heterocycles. The van der Waals surface area contributed by atoms with Crippen LogP contribution in [-0.2, 0) is 13.0 Å². The third-order valence-electron chi connectivity index (χ3n) is 3.56. The molecule has 23 heavy (non-hydrogen) atoms. The lowest BCUT2D eigenvalue weighted by Crippen LogP contribution is -2.41. The van der Waals surface area contributed by atoms with Crippen molar-refractivity contribution in [2.75, 3.05) is 0 Å². The number of amides is 2. The number of thiazole rings is 1. The van der Waals surface area contributed by atoms with Crippen LogP contribution in [0.4, 0.5) is 4.79 Å². The summed E-state index contributed by atoms with van der Waals surface area (Å²) in [4.78, 5) is 16.5. The van der Waals surface area contributed by atoms with Gasteiger partial charge in [-0.15, -0.1) is 11.3 Å². The van der Waals surface area contributed by atoms with Crippen LogP contribution in [0.15, 0.2) is 9.90 Å². The van der Waals surface area contributed by atoms with Gasteiger partial charge in [0.2, 0.25) is 0 Å². The topological polar surface area (TPSA) is 80.0 Å². The second-order valence-electron chi connectivity index (χ2n) is 6.07. The summed E-state index contributed by atoms with van der Waals surface area (Å²) in [6.45, 7) is 10.4. The van der Waals surface area contributed by atoms with E-state index in [0.717, 1.165) is 27.7 Å². The van der Waals surface area contributed by atoms with Crippen LogP contribution in [0.5, 0.6) is 0 Å². The maximum absolute atomic E-state index is 12.0. The van der Waals surface area contributed by atoms with Crippen molar-refractivity contribution in [1.82, 2.24) is 20.8 Å². The molecule has 2 amide bonds. The maximum atomic E-state index is 12.0. The Balaban J connectivity index is 1.79. The zero-order valence-electron chi connectivity index (χ0n) is 14.3. The number of nitrogens with zero attached hydrogens (tertiary/aromatic N) is 2. The van der Waals surface area contributed by atoms with Crippen LogP contribution < -0.4 is 10.6 Å². The molecule has 0 aliphatic carbocycles. The molecule has 0 saturated heterocycles. The normalized spacial score (nSPS) is 12.4. The highest BCUT2D eigenvalue weighted by molar-refractivity contribution is 7.09. The van der Waals surface area contributed by atoms with Crippen molar-refractivity contribution < 1.29 is 9.32 Å². The molecule has 0 fully saturated rings. The van der Waals surface area contributed by atoms with Crippen LogP contribution in [0.1, 0.15) is 54.4 Å². The van der Waals surface area contributed by atoms with Crippen molar-refractivity contribution in [3.63, 3.8) is 0 Å². The zero-order chi connectivity index (χ0) is 17.0. The SMILES string of the molecule is Cc1noc(C)c1C[C@H](C)NC(=O)NCc1csc(C(C)C)n1. The number of hydrogen-bond donors (Lipinski definition) is 2. The number of urea groups is 1. The Morgan fingerprint density at radius 2 is 2.09 bits per heavy atom. The lowest BCUT2D eigenvalue weighted by atomic mass is 10.1. The lowest BCUT2D eigenvalue weighted by Gasteiger charge is -2.14. The molecular formula is C16H24N4O2S. The van der Waals surface area contributed by atoms with E-state index >= 15 is 0 Å². The van der Waals surface area contributed by atoms with Gasteiger partial charge in [0.15, 0.2) is 0 Å². The van der Waals surface area contributed by atoms with Gasteiger partial charge in [0, 0.05) is 22.9 Å². The monoisotopic (exact) mass is 336 g/mol. The third kappa shape index (κ3) is 4.79. The van der Waals surface area contributed by atoms with Crippen molar-refractivity contribution in [3.8, 4) is 0 Å². The molecule has 126 valence electrons. The van der Waals surface area contributed by atoms with Gasteiger partial charge in [-0.1, -0.05) is 19.0 Å². The average molecular weight is 336 g/mol. The van der Waals surface area contributed by atoms with Gasteiger partial charge >= 0.3 is 6.03 Å². The van der Waals surface area contributed by atoms with Gasteiger partial charge in [0.05, 0.1) is 22.9 Å². The first-order valence-corrected chi connectivity index (χ1v) is 8.65. The van der Waals surface area contributed by atoms with E-state index in [-0.39, 0.29) is 12.1 Å². The minimum atomic E-state index is -0.191. The highest BCUT2D eigenvalue weighted by Gasteiger charge is 2.15. The summed E-state index contributed by atoms with van der Waals surface area (Å²) in [6.07, 6.45) is 0.697. The van der Waals surface area contributed by atoms with Crippen molar-refractivity contribution in [3.05, 3.63) is 33.1 Å². The van der Waals surface area contributed by atoms with Gasteiger partial charge in [-0.2, -0.15) is 0 Å². The van der Waals surface area contributed by atoms with Gasteiger partial charge in [0.1, 0.15) is 5.76 Å². The van der Waals surface area contributed by atoms with Crippen LogP contribution in [0, 0.1) is 13.8 Å². The Kier molecular flexibility index (Phi) is 5.76. The number of aromatic nitrogens is 2. The average Bonchev–Trinajstić information content (AvgIpc) is 3.07. The van der Waals surface area contributed by atoms with E-state index in [4.69, 9.17) is 4.52 Å². The predicted molar refractivity (Wildman–Crippen MR) is 90.7 cm³/mol. The minimum absolute atomic E-state index is 0.00606. The Morgan fingerprint density at radius 1 is 1.35 bits per heavy atom. The summed E-state index contributed by atoms with van der Waals surface area (Å²) in [5, 5.41) is 12.8. The number of hydrogen-bond acceptors (Lipinski definition) is 5. The molecule has 0 bridgehead atoms. The van der Waals surface area contributed by atoms with E-state index in [1.165, 1.54) is 0 Å². The van der Waals surface area contributed by atoms with Crippen LogP contribution in [0.25, 0.3) is 0 Å². The highest BCUT2D eigenvalue weighted by atomic mass is 32.1. The second-order valence-corrected chi connectivity index (χ2v) is 6.96. The second kappa shape index (κ2) is 7.59. The quantitative estimate of drug-likeness (QED) is 0.848. The molecule has 0 aliphatic heterocycles. The fraction of sp³-hybridized carbons (Fsp3) is 0.562. The molecule has 0 aromatic carbocycles. The van der Waals surface area contributed by atoms with Crippen LogP contribution in [0.2, 0.25) is 0 Å². The molecule has 7 heteroatoms. The number of carbonyl (C=O) groups is 1. The largest absolute Gasteiger partial charge is 0.361 e. The first-order chi connectivity index (χ1) is 10.9. The zero-order valence-corrected chi connectivity index (χ0v) is 15.1. The molecule has 0 unspecified atom stereocenters. The van der Waals surface area contributed by atoms with Crippen molar-refractivity contribution in [1.29, 1.82) is 0 Å². The molecule has 0 spiro atoms. The van der Waals surface area contributed by atoms with Crippen molar-refractivity contribution in [2.24, 2.45) is 0 Å². The van der Waals surface area contributed by atoms with Crippen molar-refractivity contribution in [2.45, 2.75) is 59.5 Å². The molecule has 2 aromatic rings. The molecule has 2 aromatic heterocycles. The summed E-state index contributed by atoms with van der Waals surface area (Å²) >= 11 is 1.63. The summed E-state index contributed by atoms with van der Waals surface area (Å²) in [6, 6.07) is -0.197. The van der Waals surface area contributed by atoms with E-state index in [9.17, 15) is 4.79 Å². The maximum Gasteiger partial charge on any atom is 0.315 e. The lowest BCUT2D eigenvalue weighted by molar-refractivity contribution is 0.237. The Bertz CT molecular complexity index is 643. The van der Waals surface area contributed by atoms with E-state index in [1.807, 2.05) is 26.2 Å². The van der Waals surface area contributed by atoms with Crippen molar-refractivity contribution >= 4 is 17.4 Å². The standard InChI is InChI=1S/C16H24N4O2S/c1-9(2)15-19-13(8-23-15)7-17-16(21)18-10(3)6-14-11(4)20-22-12(14)5/h8-10H,6-7H2,1-5H3,(H2,17,18,21)/t10-/m0/s1. The fourth-order valence-corrected chi connectivity index (χ4v) is 3.10. The third-order valence-corrected chi connectivity index (χ3v) is 4.76. The first kappa shape index (κ1) is 17.5. The Labute approximate surface area is 140 Å². The van der Waals surface area contributed by atoms with Gasteiger partial charge in [0.25, 0.3) is 0 Å². The van der Waals surface area contributed by atoms with E-state index < -0.39 is 0 Å². The van der Waals surface area contributed by atoms with Gasteiger partial charge in [-0.05, 0) is 27.2 Å². The van der Waals surface area contributed by atoms with Crippen LogP contribution in [-0.4, -0.2) is 22.2 Å². The Hall–Kier alpha value is -1.89. The molecule has 2 rings (SSSR count). The number of nitrogens with one attached hydrogen (secondary N) is 2. The molecule has 0 aliphatic rings. The predicted octanol–water partition coefficient (Wildman–Crippen LogP) is 3.30. The summed E-state index contributed by atoms with van der Waals surface area (Å²) in [7, 11) is 0. The van der Waals surface area contributed by atoms with Gasteiger partial charge in [-0.25, -0.2) is 9.78 Å². The molecule has 6 nitrogen and oxygen atoms in total. The highest BCUT2D eigenvalue weighted by Crippen LogP contribution is 2.19. The summed E-state index contributed by atoms with van der Waals surface area (Å²) < 4.78 is 5.14. The molecular weight excluding hydrogens is 312 g/mol. The van der Waals surface area contributed by atoms with Crippen LogP contribution in [0.3, 0.4) is 0 Å². The fourth-order valence-electron chi connectivity index (χ4n) is 2.27. The Morgan fingerprint density at radius 3 is 2.65 bits per heavy atom. The number of carbonyl (C=O) groups excluding carboxylic acids is 1. The van der Waals surface area contributed by atoms with E-state index in [0.29, 0.717) is 18.9 Å². The molecule has 1 atom stereocenters. The van der Waals surface area contributed by atoms with Gasteiger partial charge < -0.3 is 15.2 Å². The van der Waals surface area contributed by atoms with Crippen LogP contribution >= 0.6 is 11.3 Å². The number of rotatable bonds is 6. The minimum Gasteiger partial charge on any atom is -0.361 e. The van der Waals surface area contributed by atoms with Gasteiger partial charge in [-0.3, -0.25) is 0 Å². The summed E-state index contributed by atoms with van der Waals surface area (Å²) in [5.74, 6) is 1.22.